The minimum atomic E-state index is -5.29. The van der Waals surface area contributed by atoms with E-state index < -0.39 is 77.9 Å². The molecular weight excluding hydrogens is 1210 g/mol. The number of rotatable bonds is 18. The first kappa shape index (κ1) is 80.3. The van der Waals surface area contributed by atoms with Gasteiger partial charge in [-0.3, -0.25) is 22.3 Å². The van der Waals surface area contributed by atoms with Gasteiger partial charge in [0.25, 0.3) is 0 Å². The van der Waals surface area contributed by atoms with E-state index in [1.807, 2.05) is 30.4 Å². The summed E-state index contributed by atoms with van der Waals surface area (Å²) in [6.45, 7) is 16.5. The van der Waals surface area contributed by atoms with Crippen LogP contribution in [0.25, 0.3) is 21.5 Å². The Morgan fingerprint density at radius 1 is 0.793 bits per heavy atom. The van der Waals surface area contributed by atoms with Gasteiger partial charge in [-0.15, -0.1) is 31.3 Å². The van der Waals surface area contributed by atoms with Crippen LogP contribution in [0.5, 0.6) is 5.75 Å². The van der Waals surface area contributed by atoms with E-state index in [0.29, 0.717) is 53.1 Å². The molecule has 5 aromatic rings. The Morgan fingerprint density at radius 3 is 1.95 bits per heavy atom. The molecule has 0 saturated carbocycles. The van der Waals surface area contributed by atoms with E-state index in [9.17, 15) is 43.7 Å². The van der Waals surface area contributed by atoms with Crippen molar-refractivity contribution in [2.45, 2.75) is 87.8 Å². The molecular formula is C52H53N3Na5O17S5+. The number of hydrogen-bond donors (Lipinski definition) is 1. The van der Waals surface area contributed by atoms with Crippen LogP contribution in [-0.2, 0) is 73.6 Å². The Bertz CT molecular complexity index is 3860. The monoisotopic (exact) mass is 1270 g/mol. The summed E-state index contributed by atoms with van der Waals surface area (Å²) in [5.74, 6) is -0.0837. The normalized spacial score (nSPS) is 14.4. The summed E-state index contributed by atoms with van der Waals surface area (Å²) in [7, 11) is -21.4. The van der Waals surface area contributed by atoms with Gasteiger partial charge in [-0.1, -0.05) is 51.5 Å². The number of hydrogen-bond acceptors (Lipinski definition) is 18. The minimum absolute atomic E-state index is 0. The number of anilines is 1. The molecule has 2 aliphatic rings. The maximum atomic E-state index is 12.6. The smallest absolute Gasteiger partial charge is 0.748 e. The van der Waals surface area contributed by atoms with Gasteiger partial charge in [-0.2, -0.15) is 9.96 Å². The van der Waals surface area contributed by atoms with Gasteiger partial charge in [0.05, 0.1) is 25.3 Å². The molecule has 82 heavy (non-hydrogen) atoms. The maximum Gasteiger partial charge on any atom is 1.00 e. The second-order valence-corrected chi connectivity index (χ2v) is 23.8. The zero-order valence-electron chi connectivity index (χ0n) is 47.5. The number of unbranched alkanes of at least 4 members (excludes halogenated alkanes) is 1. The molecule has 1 N–H and O–H groups in total. The quantitative estimate of drug-likeness (QED) is 0.0162. The molecule has 0 aliphatic carbocycles. The van der Waals surface area contributed by atoms with Crippen molar-refractivity contribution in [3.05, 3.63) is 150 Å². The third-order valence-electron chi connectivity index (χ3n) is 12.6. The molecule has 30 heteroatoms. The summed E-state index contributed by atoms with van der Waals surface area (Å²) in [5.41, 5.74) is 4.23. The Balaban J connectivity index is 0.00000474. The van der Waals surface area contributed by atoms with E-state index in [0.717, 1.165) is 58.7 Å². The molecule has 0 bridgehead atoms. The molecule has 412 valence electrons. The molecule has 2 aliphatic heterocycles. The summed E-state index contributed by atoms with van der Waals surface area (Å²) in [5, 5.41) is 4.76. The number of nitrogens with one attached hydrogen (secondary N) is 1. The van der Waals surface area contributed by atoms with Gasteiger partial charge < -0.3 is 28.6 Å². The van der Waals surface area contributed by atoms with E-state index >= 15 is 0 Å². The number of benzene rings is 5. The van der Waals surface area contributed by atoms with Crippen molar-refractivity contribution in [3.63, 3.8) is 0 Å². The molecule has 0 radical (unpaired) electrons. The van der Waals surface area contributed by atoms with Crippen molar-refractivity contribution in [3.8, 4) is 5.75 Å². The Labute approximate surface area is 592 Å². The Kier molecular flexibility index (Phi) is 33.4. The first-order chi connectivity index (χ1) is 35.8. The molecule has 0 atom stereocenters. The van der Waals surface area contributed by atoms with Crippen LogP contribution in [0, 0.1) is 12.1 Å². The van der Waals surface area contributed by atoms with Gasteiger partial charge in [0.2, 0.25) is 11.6 Å². The van der Waals surface area contributed by atoms with Crippen LogP contribution < -0.4 is 163 Å². The van der Waals surface area contributed by atoms with Crippen LogP contribution in [0.3, 0.4) is 0 Å². The van der Waals surface area contributed by atoms with E-state index in [4.69, 9.17) is 30.0 Å². The molecule has 0 fully saturated rings. The van der Waals surface area contributed by atoms with Crippen LogP contribution in [0.4, 0.5) is 11.4 Å². The molecule has 0 unspecified atom stereocenters. The van der Waals surface area contributed by atoms with E-state index in [1.54, 1.807) is 61.8 Å². The molecule has 0 saturated heterocycles. The van der Waals surface area contributed by atoms with Crippen LogP contribution in [0.1, 0.15) is 77.5 Å². The maximum absolute atomic E-state index is 12.6. The summed E-state index contributed by atoms with van der Waals surface area (Å²) >= 11 is 0. The van der Waals surface area contributed by atoms with E-state index in [-0.39, 0.29) is 177 Å². The average molecular weight is 1270 g/mol. The third kappa shape index (κ3) is 21.3. The van der Waals surface area contributed by atoms with Crippen molar-refractivity contribution < 1.29 is 226 Å². The number of carbonyl (C=O) groups is 1. The second kappa shape index (κ2) is 34.2. The van der Waals surface area contributed by atoms with E-state index in [2.05, 4.69) is 61.8 Å². The molecule has 5 aromatic carbocycles. The van der Waals surface area contributed by atoms with E-state index in [1.165, 1.54) is 6.07 Å². The van der Waals surface area contributed by atoms with Gasteiger partial charge >= 0.3 is 169 Å². The van der Waals surface area contributed by atoms with Gasteiger partial charge in [-0.05, 0) is 93.1 Å². The number of allylic oxidation sites excluding steroid dienone is 5. The molecule has 2 heterocycles. The predicted octanol–water partition coefficient (Wildman–Crippen LogP) is -9.04. The fourth-order valence-electron chi connectivity index (χ4n) is 9.37. The van der Waals surface area contributed by atoms with Crippen molar-refractivity contribution in [1.29, 1.82) is 0 Å². The zero-order chi connectivity index (χ0) is 57.4. The zero-order valence-corrected chi connectivity index (χ0v) is 61.6. The van der Waals surface area contributed by atoms with Crippen molar-refractivity contribution in [2.24, 2.45) is 0 Å². The first-order valence-corrected chi connectivity index (χ1v) is 29.8. The van der Waals surface area contributed by atoms with Gasteiger partial charge in [0.15, 0.2) is 5.71 Å². The van der Waals surface area contributed by atoms with Gasteiger partial charge in [0, 0.05) is 70.7 Å². The average Bonchev–Trinajstić information content (AvgIpc) is 3.68. The third-order valence-corrected chi connectivity index (χ3v) is 15.1. The molecule has 7 rings (SSSR count). The topological polar surface area (TPSA) is 319 Å². The summed E-state index contributed by atoms with van der Waals surface area (Å²) in [6.07, 6.45) is 9.68. The van der Waals surface area contributed by atoms with Crippen LogP contribution >= 0.6 is 0 Å². The van der Waals surface area contributed by atoms with Crippen LogP contribution in [-0.4, -0.2) is 106 Å². The summed E-state index contributed by atoms with van der Waals surface area (Å²) in [6, 6.07) is 26.3. The molecule has 0 aromatic heterocycles. The molecule has 20 nitrogen and oxygen atoms in total. The number of ether oxygens (including phenoxy) is 1. The minimum Gasteiger partial charge on any atom is -0.748 e. The Morgan fingerprint density at radius 2 is 1.40 bits per heavy atom. The van der Waals surface area contributed by atoms with Crippen molar-refractivity contribution in [2.75, 3.05) is 30.3 Å². The van der Waals surface area contributed by atoms with Gasteiger partial charge in [0.1, 0.15) is 38.3 Å². The molecule has 1 amide bonds. The fourth-order valence-corrected chi connectivity index (χ4v) is 11.2. The number of amides is 1. The summed E-state index contributed by atoms with van der Waals surface area (Å²) < 4.78 is 169. The van der Waals surface area contributed by atoms with Crippen LogP contribution in [0.15, 0.2) is 130 Å². The summed E-state index contributed by atoms with van der Waals surface area (Å²) in [4.78, 5) is 12.6. The standard InChI is InChI=1S/C52H56N3O11S3.5Na.2O3S/c1-8-9-29-54-43-23-17-36-13-10-11-14-40(36)48(43)51(4,5)46(54)25-20-38(66-37-18-15-35(16-19-37)27-28-53-50(56)34(2)3)21-26-47-52(6,7)49-42-32-39(68(60,61)62)33-45(69(63,64)65)41(42)22-24-44(49)55(47)30-12-31-67(57,58)59;;;;;;2*1-4(2)3/h10,14-26,32-33H,2,8-9,12,27-31H2,1,3-7H3,(H,53,56)(H,57,58,59)(H,60,61,62)(H,63,64,65);;;;;;;/q-1;5*+1;;/p-3. The van der Waals surface area contributed by atoms with Crippen molar-refractivity contribution in [1.82, 2.24) is 5.32 Å². The number of fused-ring (bicyclic) bond motifs is 6. The largest absolute Gasteiger partial charge is 1.00 e. The molecule has 0 spiro atoms. The van der Waals surface area contributed by atoms with Crippen molar-refractivity contribution >= 4 is 96.1 Å². The second-order valence-electron chi connectivity index (χ2n) is 18.7. The SMILES string of the molecule is C=C(C)C(=O)NCCc1ccc(OC(C=CC2=[N+](CCCS(=O)(=O)[O-])c3ccc4c(S(=O)(=O)[O-])cc(S(=O)(=O)[O-])cc4c3C2(C)C)=CC=C2N(CCCC)c3ccc4[c-]c[c-]cc4c3C2(C)C)cc1.O=S(=O)=O.O=S(=O)=O.[Na+].[Na+].[Na+].[Na+].[Na+]. The number of nitrogens with zero attached hydrogens (tertiary/aromatic N) is 2. The van der Waals surface area contributed by atoms with Gasteiger partial charge in [-0.25, -0.2) is 43.5 Å². The number of carbonyl (C=O) groups excluding carboxylic acids is 1. The fraction of sp³-hybridized carbons (Fsp3) is 0.308. The predicted molar refractivity (Wildman–Crippen MR) is 282 cm³/mol. The Hall–Kier alpha value is -1.71. The van der Waals surface area contributed by atoms with Crippen LogP contribution in [0.2, 0.25) is 0 Å². The first-order valence-electron chi connectivity index (χ1n) is 23.4.